The van der Waals surface area contributed by atoms with Gasteiger partial charge in [-0.15, -0.1) is 0 Å². The van der Waals surface area contributed by atoms with E-state index in [0.717, 1.165) is 18.2 Å². The highest BCUT2D eigenvalue weighted by molar-refractivity contribution is 6.17. The van der Waals surface area contributed by atoms with Crippen molar-refractivity contribution in [1.82, 2.24) is 0 Å². The Hall–Kier alpha value is -6.78. The first-order valence-corrected chi connectivity index (χ1v) is 16.6. The van der Waals surface area contributed by atoms with Gasteiger partial charge in [0.15, 0.2) is 5.58 Å². The second kappa shape index (κ2) is 11.1. The predicted octanol–water partition coefficient (Wildman–Crippen LogP) is 13.9. The second-order valence-electron chi connectivity index (χ2n) is 12.8. The lowest BCUT2D eigenvalue weighted by Gasteiger charge is -2.29. The summed E-state index contributed by atoms with van der Waals surface area (Å²) in [7, 11) is 0. The minimum Gasteiger partial charge on any atom is -0.485 e. The van der Waals surface area contributed by atoms with Gasteiger partial charge in [0.25, 0.3) is 0 Å². The molecule has 3 aliphatic rings. The lowest BCUT2D eigenvalue weighted by atomic mass is 9.82. The van der Waals surface area contributed by atoms with E-state index in [1.54, 1.807) is 0 Å². The van der Waals surface area contributed by atoms with Gasteiger partial charge in [0.1, 0.15) is 28.6 Å². The van der Waals surface area contributed by atoms with Crippen LogP contribution in [0.2, 0.25) is 0 Å². The van der Waals surface area contributed by atoms with E-state index in [1.807, 2.05) is 0 Å². The average Bonchev–Trinajstić information content (AvgIpc) is 1.55. The predicted molar refractivity (Wildman–Crippen MR) is 224 cm³/mol. The molecule has 7 aromatic carbocycles. The average molecular weight is 740 g/mol. The molecule has 55 heavy (non-hydrogen) atoms. The molecule has 12 rings (SSSR count). The molecular formula is C51H35NO3. The zero-order chi connectivity index (χ0) is 62.3. The normalized spacial score (nSPS) is 26.1. The van der Waals surface area contributed by atoms with E-state index in [2.05, 4.69) is 0 Å². The van der Waals surface area contributed by atoms with Crippen LogP contribution < -0.4 is 9.64 Å². The molecule has 0 saturated heterocycles. The number of allylic oxidation sites excluding steroid dienone is 2. The van der Waals surface area contributed by atoms with Crippen LogP contribution in [0.5, 0.6) is 5.75 Å². The molecule has 3 heterocycles. The number of ether oxygens (including phenoxy) is 1. The molecule has 0 saturated carbocycles. The van der Waals surface area contributed by atoms with E-state index in [-0.39, 0.29) is 17.0 Å². The van der Waals surface area contributed by atoms with Crippen LogP contribution in [0.1, 0.15) is 77.4 Å². The Morgan fingerprint density at radius 1 is 0.636 bits per heavy atom. The molecule has 1 aliphatic heterocycles. The fraction of sp³-hybridized carbons (Fsp3) is 0.0980. The van der Waals surface area contributed by atoms with E-state index in [4.69, 9.17) is 34.1 Å². The topological polar surface area (TPSA) is 38.8 Å². The number of anilines is 3. The summed E-state index contributed by atoms with van der Waals surface area (Å²) in [5.41, 5.74) is -15.6. The first kappa shape index (κ1) is 13.5. The van der Waals surface area contributed by atoms with Crippen LogP contribution >= 0.6 is 0 Å². The van der Waals surface area contributed by atoms with Gasteiger partial charge in [-0.1, -0.05) is 117 Å². The van der Waals surface area contributed by atoms with Crippen molar-refractivity contribution in [2.45, 2.75) is 31.1 Å². The lowest BCUT2D eigenvalue weighted by Crippen LogP contribution is -2.16. The molecule has 0 radical (unpaired) electrons. The largest absolute Gasteiger partial charge is 0.485 e. The van der Waals surface area contributed by atoms with Crippen LogP contribution in [0.4, 0.5) is 17.1 Å². The fourth-order valence-corrected chi connectivity index (χ4v) is 7.38. The van der Waals surface area contributed by atoms with Crippen molar-refractivity contribution in [3.05, 3.63) is 180 Å². The minimum absolute atomic E-state index is 0.285. The summed E-state index contributed by atoms with van der Waals surface area (Å²) >= 11 is 0. The highest BCUT2D eigenvalue weighted by Crippen LogP contribution is 2.56. The third-order valence-electron chi connectivity index (χ3n) is 9.80. The van der Waals surface area contributed by atoms with Crippen LogP contribution in [0, 0.1) is 0 Å². The van der Waals surface area contributed by atoms with Gasteiger partial charge in [-0.3, -0.25) is 0 Å². The molecule has 2 atom stereocenters. The van der Waals surface area contributed by atoms with E-state index >= 15 is 0 Å². The maximum absolute atomic E-state index is 10.1. The minimum atomic E-state index is -3.98. The quantitative estimate of drug-likeness (QED) is 0.180. The third kappa shape index (κ3) is 4.28. The monoisotopic (exact) mass is 739 g/mol. The number of para-hydroxylation sites is 2. The Kier molecular flexibility index (Phi) is 2.73. The van der Waals surface area contributed by atoms with Crippen LogP contribution in [0.25, 0.3) is 66.1 Å². The van der Waals surface area contributed by atoms with Crippen molar-refractivity contribution in [3.63, 3.8) is 0 Å². The van der Waals surface area contributed by atoms with Gasteiger partial charge in [-0.2, -0.15) is 0 Å². The molecule has 2 unspecified atom stereocenters. The van der Waals surface area contributed by atoms with Crippen LogP contribution in [-0.4, -0.2) is 6.10 Å². The van der Waals surface area contributed by atoms with Crippen LogP contribution in [0.15, 0.2) is 172 Å². The fourth-order valence-electron chi connectivity index (χ4n) is 7.38. The highest BCUT2D eigenvalue weighted by Gasteiger charge is 2.38. The molecule has 262 valence electrons. The number of nitrogens with zero attached hydrogens (tertiary/aromatic N) is 1. The van der Waals surface area contributed by atoms with Crippen molar-refractivity contribution in [3.8, 4) is 28.0 Å². The smallest absolute Gasteiger partial charge is 0.159 e. The molecule has 4 heteroatoms. The van der Waals surface area contributed by atoms with Crippen LogP contribution in [-0.2, 0) is 5.41 Å². The molecule has 9 aromatic rings. The Morgan fingerprint density at radius 2 is 1.45 bits per heavy atom. The van der Waals surface area contributed by atoms with Gasteiger partial charge in [-0.25, -0.2) is 0 Å². The van der Waals surface area contributed by atoms with Crippen molar-refractivity contribution >= 4 is 60.9 Å². The molecular weight excluding hydrogens is 675 g/mol. The maximum atomic E-state index is 10.1. The molecule has 0 spiro atoms. The van der Waals surface area contributed by atoms with Crippen molar-refractivity contribution in [2.75, 3.05) is 4.90 Å². The lowest BCUT2D eigenvalue weighted by molar-refractivity contribution is 0.269. The number of furan rings is 2. The highest BCUT2D eigenvalue weighted by atomic mass is 16.5. The van der Waals surface area contributed by atoms with Gasteiger partial charge in [0, 0.05) is 46.8 Å². The zero-order valence-corrected chi connectivity index (χ0v) is 27.6. The summed E-state index contributed by atoms with van der Waals surface area (Å²) in [6, 6.07) is -20.3. The van der Waals surface area contributed by atoms with Crippen molar-refractivity contribution < 1.29 is 54.7 Å². The Balaban J connectivity index is 1.34. The summed E-state index contributed by atoms with van der Waals surface area (Å²) in [5, 5.41) is -2.16. The number of rotatable bonds is 4. The van der Waals surface area contributed by atoms with Gasteiger partial charge < -0.3 is 18.5 Å². The van der Waals surface area contributed by atoms with Gasteiger partial charge >= 0.3 is 0 Å². The Morgan fingerprint density at radius 3 is 2.42 bits per heavy atom. The number of hydrogen-bond donors (Lipinski definition) is 0. The molecule has 0 fully saturated rings. The van der Waals surface area contributed by atoms with E-state index < -0.39 is 265 Å². The summed E-state index contributed by atoms with van der Waals surface area (Å²) in [6.45, 7) is -7.96. The molecule has 2 aromatic heterocycles. The first-order chi connectivity index (χ1) is 39.5. The standard InChI is InChI=1S/C51H35NO3/c1-51(2)38-16-6-3-14-35(38)48-39(51)17-10-18-40(48)52(42-20-9-15-34-32-12-4-8-22-44(32)55-50(34)42)41-19-11-23-47-49(41)37-29-31(25-27-46(37)54-47)30-24-26-45-36(28-30)33-13-5-7-21-43(33)53-45/h3-29,33,43H,1-2H3/i1D3,2D3,3D,4D,5D,6D,8D,9D,10D,11D,13D,14D,15D,16D,17D,18D,19D,20D,21D,22D,24D,25D,26D,27D,28D,29D. The summed E-state index contributed by atoms with van der Waals surface area (Å²) in [6.07, 6.45) is -0.317. The summed E-state index contributed by atoms with van der Waals surface area (Å²) in [4.78, 5) is 0.557. The van der Waals surface area contributed by atoms with Crippen molar-refractivity contribution in [2.24, 2.45) is 0 Å². The third-order valence-corrected chi connectivity index (χ3v) is 9.80. The Bertz CT molecular complexity index is 4730. The molecule has 0 amide bonds. The van der Waals surface area contributed by atoms with Crippen molar-refractivity contribution in [1.29, 1.82) is 0 Å². The second-order valence-corrected chi connectivity index (χ2v) is 12.8. The van der Waals surface area contributed by atoms with Gasteiger partial charge in [0.05, 0.1) is 55.3 Å². The van der Waals surface area contributed by atoms with Gasteiger partial charge in [-0.05, 0) is 88.3 Å². The first-order valence-electron chi connectivity index (χ1n) is 31.6. The molecule has 0 N–H and O–H groups in total. The zero-order valence-electron chi connectivity index (χ0n) is 57.6. The SMILES string of the molecule is [2H]C1=CC([2H])=C([2H])C2c3c([2H])c(-c4c([2H])c([2H])c5oc6cc([2H])c([2H])c(N(c7c([2H])c([2H])c([2H])c8c7-c7c([2H])c([2H])c([2H])c([2H])c7C8(C([2H])([2H])[2H])C([2H])([2H])[2H])c7c([2H])c([2H])c([2H])c8c7oc7c([2H])c([2H])c([2H])cc78)c6c5c4[2H])c([2H])c([2H])c3OC12. The number of hydrogen-bond acceptors (Lipinski definition) is 4. The Labute approximate surface area is 360 Å². The molecule has 0 bridgehead atoms. The number of benzene rings is 7. The molecule has 2 aliphatic carbocycles. The summed E-state index contributed by atoms with van der Waals surface area (Å²) < 4.78 is 294. The van der Waals surface area contributed by atoms with E-state index in [1.165, 1.54) is 0 Å². The van der Waals surface area contributed by atoms with Gasteiger partial charge in [0.2, 0.25) is 0 Å². The maximum Gasteiger partial charge on any atom is 0.159 e. The molecule has 4 nitrogen and oxygen atoms in total. The van der Waals surface area contributed by atoms with E-state index in [0.29, 0.717) is 4.90 Å². The van der Waals surface area contributed by atoms with Crippen LogP contribution in [0.3, 0.4) is 0 Å². The number of fused-ring (bicyclic) bond motifs is 12. The summed E-state index contributed by atoms with van der Waals surface area (Å²) in [5.74, 6) is -1.81. The van der Waals surface area contributed by atoms with E-state index in [9.17, 15) is 20.6 Å².